The zero-order chi connectivity index (χ0) is 24.8. The van der Waals surface area contributed by atoms with Gasteiger partial charge in [0.05, 0.1) is 13.5 Å². The minimum Gasteiger partial charge on any atom is -0.0770 e. The number of allylic oxidation sites excluding steroid dienone is 4. The van der Waals surface area contributed by atoms with Crippen molar-refractivity contribution >= 4 is 8.07 Å². The van der Waals surface area contributed by atoms with Crippen LogP contribution in [0.2, 0.25) is 19.6 Å². The summed E-state index contributed by atoms with van der Waals surface area (Å²) in [6.07, 6.45) is 6.17. The largest absolute Gasteiger partial charge is 0.0770 e. The lowest BCUT2D eigenvalue weighted by atomic mass is 9.63. The van der Waals surface area contributed by atoms with E-state index in [9.17, 15) is 0 Å². The lowest BCUT2D eigenvalue weighted by Crippen LogP contribution is -2.32. The molecule has 1 aliphatic rings. The Morgan fingerprint density at radius 2 is 0.853 bits per heavy atom. The van der Waals surface area contributed by atoms with Gasteiger partial charge in [0.1, 0.15) is 0 Å². The van der Waals surface area contributed by atoms with Crippen LogP contribution in [0, 0.1) is 41.5 Å². The molecule has 0 N–H and O–H groups in total. The molecule has 0 aromatic heterocycles. The standard InChI is InChI=1S/C33H40Si/c1-22-12-23(2)16-29(15-22)33(30-17-24(3)13-25(4)18-30,31-19-26(5)14-27(6)20-31)28-10-11-32(21-28)34(7,8)9/h10,12-21H,11H2,1-9H3. The Kier molecular flexibility index (Phi) is 6.38. The minimum atomic E-state index is -1.40. The summed E-state index contributed by atoms with van der Waals surface area (Å²) in [5.41, 5.74) is 13.1. The smallest absolute Gasteiger partial charge is 0.0728 e. The van der Waals surface area contributed by atoms with Crippen LogP contribution in [0.15, 0.2) is 77.5 Å². The van der Waals surface area contributed by atoms with Crippen LogP contribution < -0.4 is 0 Å². The molecule has 3 aromatic carbocycles. The van der Waals surface area contributed by atoms with Crippen LogP contribution in [0.4, 0.5) is 0 Å². The predicted octanol–water partition coefficient (Wildman–Crippen LogP) is 9.01. The van der Waals surface area contributed by atoms with Gasteiger partial charge in [0.25, 0.3) is 0 Å². The molecule has 0 bridgehead atoms. The summed E-state index contributed by atoms with van der Waals surface area (Å²) in [6, 6.07) is 21.4. The Morgan fingerprint density at radius 1 is 0.529 bits per heavy atom. The van der Waals surface area contributed by atoms with Crippen LogP contribution >= 0.6 is 0 Å². The van der Waals surface area contributed by atoms with E-state index >= 15 is 0 Å². The van der Waals surface area contributed by atoms with Crippen molar-refractivity contribution in [3.05, 3.63) is 128 Å². The van der Waals surface area contributed by atoms with E-state index in [0.717, 1.165) is 6.42 Å². The average Bonchev–Trinajstić information content (AvgIpc) is 3.17. The molecule has 1 heteroatoms. The van der Waals surface area contributed by atoms with Crippen LogP contribution in [0.1, 0.15) is 56.5 Å². The third-order valence-corrected chi connectivity index (χ3v) is 9.51. The van der Waals surface area contributed by atoms with E-state index in [1.807, 2.05) is 0 Å². The number of aryl methyl sites for hydroxylation is 6. The van der Waals surface area contributed by atoms with Gasteiger partial charge in [0.2, 0.25) is 0 Å². The lowest BCUT2D eigenvalue weighted by molar-refractivity contribution is 0.738. The van der Waals surface area contributed by atoms with Gasteiger partial charge in [0.15, 0.2) is 0 Å². The first-order valence-corrected chi connectivity index (χ1v) is 16.1. The second-order valence-corrected chi connectivity index (χ2v) is 16.8. The summed E-state index contributed by atoms with van der Waals surface area (Å²) in [6.45, 7) is 20.8. The van der Waals surface area contributed by atoms with Gasteiger partial charge in [-0.2, -0.15) is 0 Å². The molecule has 0 amide bonds. The molecular formula is C33H40Si. The van der Waals surface area contributed by atoms with Crippen LogP contribution in [0.25, 0.3) is 0 Å². The maximum Gasteiger partial charge on any atom is 0.0728 e. The van der Waals surface area contributed by atoms with Crippen molar-refractivity contribution in [2.75, 3.05) is 0 Å². The van der Waals surface area contributed by atoms with Crippen molar-refractivity contribution < 1.29 is 0 Å². The van der Waals surface area contributed by atoms with E-state index in [2.05, 4.69) is 128 Å². The molecule has 0 saturated heterocycles. The molecule has 0 radical (unpaired) electrons. The summed E-state index contributed by atoms with van der Waals surface area (Å²) in [5, 5.41) is 1.64. The van der Waals surface area contributed by atoms with Crippen molar-refractivity contribution in [2.45, 2.75) is 73.0 Å². The fourth-order valence-corrected chi connectivity index (χ4v) is 7.19. The topological polar surface area (TPSA) is 0 Å². The Morgan fingerprint density at radius 3 is 1.12 bits per heavy atom. The molecule has 4 rings (SSSR count). The first-order valence-electron chi connectivity index (χ1n) is 12.6. The highest BCUT2D eigenvalue weighted by Gasteiger charge is 2.42. The van der Waals surface area contributed by atoms with Crippen molar-refractivity contribution in [2.24, 2.45) is 0 Å². The normalized spacial score (nSPS) is 14.3. The van der Waals surface area contributed by atoms with Crippen LogP contribution in [0.5, 0.6) is 0 Å². The van der Waals surface area contributed by atoms with Gasteiger partial charge < -0.3 is 0 Å². The molecule has 34 heavy (non-hydrogen) atoms. The summed E-state index contributed by atoms with van der Waals surface area (Å²) in [7, 11) is -1.40. The molecular weight excluding hydrogens is 424 g/mol. The highest BCUT2D eigenvalue weighted by Crippen LogP contribution is 2.50. The first-order chi connectivity index (χ1) is 15.9. The minimum absolute atomic E-state index is 0.342. The SMILES string of the molecule is Cc1cc(C)cc(C(C2=CCC([Si](C)(C)C)=C2)(c2cc(C)cc(C)c2)c2cc(C)cc(C)c2)c1. The van der Waals surface area contributed by atoms with Gasteiger partial charge in [-0.3, -0.25) is 0 Å². The molecule has 0 saturated carbocycles. The molecule has 0 spiro atoms. The van der Waals surface area contributed by atoms with Crippen molar-refractivity contribution in [1.82, 2.24) is 0 Å². The molecule has 0 aliphatic heterocycles. The van der Waals surface area contributed by atoms with Crippen molar-refractivity contribution in [3.8, 4) is 0 Å². The van der Waals surface area contributed by atoms with Gasteiger partial charge in [-0.25, -0.2) is 0 Å². The monoisotopic (exact) mass is 464 g/mol. The van der Waals surface area contributed by atoms with Gasteiger partial charge in [-0.1, -0.05) is 125 Å². The Bertz CT molecular complexity index is 1120. The zero-order valence-electron chi connectivity index (χ0n) is 22.6. The third-order valence-electron chi connectivity index (χ3n) is 7.23. The molecule has 1 aliphatic carbocycles. The summed E-state index contributed by atoms with van der Waals surface area (Å²) in [4.78, 5) is 0. The van der Waals surface area contributed by atoms with Crippen LogP contribution in [-0.2, 0) is 5.41 Å². The average molecular weight is 465 g/mol. The first kappa shape index (κ1) is 24.5. The summed E-state index contributed by atoms with van der Waals surface area (Å²) >= 11 is 0. The van der Waals surface area contributed by atoms with Gasteiger partial charge in [-0.15, -0.1) is 0 Å². The van der Waals surface area contributed by atoms with E-state index in [4.69, 9.17) is 0 Å². The summed E-state index contributed by atoms with van der Waals surface area (Å²) in [5.74, 6) is 0. The molecule has 0 fully saturated rings. The van der Waals surface area contributed by atoms with Gasteiger partial charge in [-0.05, 0) is 70.2 Å². The number of benzene rings is 3. The predicted molar refractivity (Wildman–Crippen MR) is 152 cm³/mol. The number of hydrogen-bond donors (Lipinski definition) is 0. The van der Waals surface area contributed by atoms with E-state index in [1.165, 1.54) is 55.6 Å². The van der Waals surface area contributed by atoms with Crippen molar-refractivity contribution in [1.29, 1.82) is 0 Å². The molecule has 0 heterocycles. The van der Waals surface area contributed by atoms with E-state index in [0.29, 0.717) is 0 Å². The quantitative estimate of drug-likeness (QED) is 0.261. The van der Waals surface area contributed by atoms with E-state index in [-0.39, 0.29) is 5.41 Å². The highest BCUT2D eigenvalue weighted by atomic mass is 28.3. The molecule has 3 aromatic rings. The Labute approximate surface area is 208 Å². The van der Waals surface area contributed by atoms with E-state index in [1.54, 1.807) is 5.20 Å². The molecule has 0 nitrogen and oxygen atoms in total. The Hall–Kier alpha value is -2.64. The highest BCUT2D eigenvalue weighted by molar-refractivity contribution is 6.83. The molecule has 176 valence electrons. The Balaban J connectivity index is 2.19. The maximum absolute atomic E-state index is 2.57. The lowest BCUT2D eigenvalue weighted by Gasteiger charge is -2.38. The summed E-state index contributed by atoms with van der Waals surface area (Å²) < 4.78 is 0. The number of rotatable bonds is 5. The third kappa shape index (κ3) is 4.51. The fraction of sp³-hybridized carbons (Fsp3) is 0.333. The van der Waals surface area contributed by atoms with Gasteiger partial charge in [0, 0.05) is 0 Å². The molecule has 0 unspecified atom stereocenters. The van der Waals surface area contributed by atoms with E-state index < -0.39 is 8.07 Å². The van der Waals surface area contributed by atoms with Crippen LogP contribution in [-0.4, -0.2) is 8.07 Å². The second kappa shape index (κ2) is 8.85. The fourth-order valence-electron chi connectivity index (χ4n) is 5.88. The van der Waals surface area contributed by atoms with Crippen LogP contribution in [0.3, 0.4) is 0 Å². The number of hydrogen-bond acceptors (Lipinski definition) is 0. The molecule has 0 atom stereocenters. The van der Waals surface area contributed by atoms with Crippen molar-refractivity contribution in [3.63, 3.8) is 0 Å². The maximum atomic E-state index is 2.57. The zero-order valence-corrected chi connectivity index (χ0v) is 23.6. The van der Waals surface area contributed by atoms with Gasteiger partial charge >= 0.3 is 0 Å². The second-order valence-electron chi connectivity index (χ2n) is 11.7.